The summed E-state index contributed by atoms with van der Waals surface area (Å²) in [6, 6.07) is 7.17. The minimum Gasteiger partial charge on any atom is -0.326 e. The topological polar surface area (TPSA) is 38.0 Å². The summed E-state index contributed by atoms with van der Waals surface area (Å²) < 4.78 is 1.36. The summed E-state index contributed by atoms with van der Waals surface area (Å²) in [5.41, 5.74) is 8.54. The molecule has 1 aliphatic carbocycles. The van der Waals surface area contributed by atoms with Crippen LogP contribution in [-0.2, 0) is 13.1 Å². The normalized spacial score (nSPS) is 16.7. The number of fused-ring (bicyclic) bond motifs is 1. The fourth-order valence-corrected chi connectivity index (χ4v) is 3.92. The zero-order valence-electron chi connectivity index (χ0n) is 10.6. The molecular weight excluding hydrogens is 240 g/mol. The molecule has 1 aromatic carbocycles. The predicted octanol–water partition coefficient (Wildman–Crippen LogP) is 3.39. The second-order valence-corrected chi connectivity index (χ2v) is 6.03. The number of rotatable bonds is 4. The molecule has 3 rings (SSSR count). The average molecular weight is 260 g/mol. The molecule has 3 heteroatoms. The van der Waals surface area contributed by atoms with Crippen molar-refractivity contribution in [3.8, 4) is 0 Å². The second-order valence-electron chi connectivity index (χ2n) is 5.12. The highest BCUT2D eigenvalue weighted by atomic mass is 32.1. The molecule has 0 unspecified atom stereocenters. The highest BCUT2D eigenvalue weighted by Gasteiger charge is 2.15. The Kier molecular flexibility index (Phi) is 3.64. The van der Waals surface area contributed by atoms with Crippen molar-refractivity contribution in [2.45, 2.75) is 44.8 Å². The molecule has 0 aliphatic heterocycles. The van der Waals surface area contributed by atoms with Crippen LogP contribution in [0, 0.1) is 0 Å². The zero-order chi connectivity index (χ0) is 12.4. The molecule has 18 heavy (non-hydrogen) atoms. The van der Waals surface area contributed by atoms with E-state index >= 15 is 0 Å². The maximum Gasteiger partial charge on any atom is 0.0349 e. The second kappa shape index (κ2) is 5.39. The molecule has 2 nitrogen and oxygen atoms in total. The Morgan fingerprint density at radius 3 is 2.83 bits per heavy atom. The van der Waals surface area contributed by atoms with E-state index in [1.54, 1.807) is 0 Å². The van der Waals surface area contributed by atoms with Gasteiger partial charge in [-0.1, -0.05) is 25.0 Å². The molecule has 1 aliphatic rings. The van der Waals surface area contributed by atoms with Gasteiger partial charge in [-0.25, -0.2) is 0 Å². The highest BCUT2D eigenvalue weighted by molar-refractivity contribution is 7.17. The lowest BCUT2D eigenvalue weighted by Gasteiger charge is -2.11. The first kappa shape index (κ1) is 12.2. The van der Waals surface area contributed by atoms with Gasteiger partial charge < -0.3 is 11.1 Å². The van der Waals surface area contributed by atoms with Gasteiger partial charge in [0.2, 0.25) is 0 Å². The lowest BCUT2D eigenvalue weighted by molar-refractivity contribution is 0.526. The number of nitrogens with one attached hydrogen (secondary N) is 1. The number of hydrogen-bond acceptors (Lipinski definition) is 3. The molecular formula is C15H20N2S. The van der Waals surface area contributed by atoms with Crippen LogP contribution in [0.15, 0.2) is 23.6 Å². The first-order valence-corrected chi connectivity index (χ1v) is 7.68. The average Bonchev–Trinajstić information content (AvgIpc) is 3.05. The summed E-state index contributed by atoms with van der Waals surface area (Å²) in [4.78, 5) is 0. The van der Waals surface area contributed by atoms with E-state index in [1.165, 1.54) is 46.9 Å². The molecule has 0 bridgehead atoms. The minimum absolute atomic E-state index is 0.629. The molecule has 1 aromatic heterocycles. The zero-order valence-corrected chi connectivity index (χ0v) is 11.4. The summed E-state index contributed by atoms with van der Waals surface area (Å²) in [5.74, 6) is 0. The third-order valence-corrected chi connectivity index (χ3v) is 4.91. The van der Waals surface area contributed by atoms with E-state index in [1.807, 2.05) is 11.3 Å². The largest absolute Gasteiger partial charge is 0.326 e. The molecule has 3 N–H and O–H groups in total. The number of hydrogen-bond donors (Lipinski definition) is 2. The Morgan fingerprint density at radius 1 is 1.22 bits per heavy atom. The molecule has 1 heterocycles. The number of benzene rings is 1. The van der Waals surface area contributed by atoms with Crippen molar-refractivity contribution in [3.63, 3.8) is 0 Å². The first-order chi connectivity index (χ1) is 8.88. The van der Waals surface area contributed by atoms with Crippen LogP contribution < -0.4 is 11.1 Å². The molecule has 0 amide bonds. The summed E-state index contributed by atoms with van der Waals surface area (Å²) in [5, 5.41) is 7.36. The predicted molar refractivity (Wildman–Crippen MR) is 78.8 cm³/mol. The van der Waals surface area contributed by atoms with Gasteiger partial charge in [-0.2, -0.15) is 0 Å². The van der Waals surface area contributed by atoms with Gasteiger partial charge in [0.25, 0.3) is 0 Å². The van der Waals surface area contributed by atoms with Crippen molar-refractivity contribution in [3.05, 3.63) is 34.7 Å². The van der Waals surface area contributed by atoms with Crippen LogP contribution in [0.5, 0.6) is 0 Å². The summed E-state index contributed by atoms with van der Waals surface area (Å²) >= 11 is 1.83. The van der Waals surface area contributed by atoms with E-state index in [4.69, 9.17) is 5.73 Å². The van der Waals surface area contributed by atoms with E-state index < -0.39 is 0 Å². The minimum atomic E-state index is 0.629. The molecule has 1 saturated carbocycles. The fourth-order valence-electron chi connectivity index (χ4n) is 2.92. The Hall–Kier alpha value is -0.900. The monoisotopic (exact) mass is 260 g/mol. The molecule has 0 saturated heterocycles. The van der Waals surface area contributed by atoms with Crippen LogP contribution in [-0.4, -0.2) is 6.04 Å². The number of thiophene rings is 1. The third kappa shape index (κ3) is 2.30. The lowest BCUT2D eigenvalue weighted by atomic mass is 10.1. The SMILES string of the molecule is NCc1cccc2scc(CNC3CCCC3)c12. The Balaban J connectivity index is 1.82. The fraction of sp³-hybridized carbons (Fsp3) is 0.467. The molecule has 1 fully saturated rings. The molecule has 0 radical (unpaired) electrons. The quantitative estimate of drug-likeness (QED) is 0.884. The van der Waals surface area contributed by atoms with Gasteiger partial charge in [-0.15, -0.1) is 11.3 Å². The Bertz CT molecular complexity index is 526. The van der Waals surface area contributed by atoms with E-state index in [0.717, 1.165) is 12.6 Å². The first-order valence-electron chi connectivity index (χ1n) is 6.80. The maximum atomic E-state index is 5.85. The van der Waals surface area contributed by atoms with E-state index in [2.05, 4.69) is 28.9 Å². The summed E-state index contributed by atoms with van der Waals surface area (Å²) in [7, 11) is 0. The van der Waals surface area contributed by atoms with Crippen LogP contribution in [0.2, 0.25) is 0 Å². The van der Waals surface area contributed by atoms with Gasteiger partial charge in [0.15, 0.2) is 0 Å². The van der Waals surface area contributed by atoms with Crippen molar-refractivity contribution in [2.75, 3.05) is 0 Å². The van der Waals surface area contributed by atoms with Crippen LogP contribution in [0.3, 0.4) is 0 Å². The van der Waals surface area contributed by atoms with Gasteiger partial charge >= 0.3 is 0 Å². The van der Waals surface area contributed by atoms with E-state index in [0.29, 0.717) is 6.54 Å². The van der Waals surface area contributed by atoms with Crippen LogP contribution >= 0.6 is 11.3 Å². The van der Waals surface area contributed by atoms with Crippen LogP contribution in [0.1, 0.15) is 36.8 Å². The third-order valence-electron chi connectivity index (χ3n) is 3.92. The Labute approximate surface area is 112 Å². The molecule has 96 valence electrons. The van der Waals surface area contributed by atoms with Gasteiger partial charge in [0.05, 0.1) is 0 Å². The van der Waals surface area contributed by atoms with Gasteiger partial charge in [0.1, 0.15) is 0 Å². The van der Waals surface area contributed by atoms with Crippen LogP contribution in [0.25, 0.3) is 10.1 Å². The molecule has 0 spiro atoms. The smallest absolute Gasteiger partial charge is 0.0349 e. The van der Waals surface area contributed by atoms with Crippen molar-refractivity contribution in [1.82, 2.24) is 5.32 Å². The number of nitrogens with two attached hydrogens (primary N) is 1. The van der Waals surface area contributed by atoms with Crippen molar-refractivity contribution < 1.29 is 0 Å². The highest BCUT2D eigenvalue weighted by Crippen LogP contribution is 2.29. The Morgan fingerprint density at radius 2 is 2.06 bits per heavy atom. The van der Waals surface area contributed by atoms with Gasteiger partial charge in [-0.3, -0.25) is 0 Å². The summed E-state index contributed by atoms with van der Waals surface area (Å²) in [6.45, 7) is 1.62. The molecule has 2 aromatic rings. The van der Waals surface area contributed by atoms with Crippen LogP contribution in [0.4, 0.5) is 0 Å². The van der Waals surface area contributed by atoms with Gasteiger partial charge in [0, 0.05) is 29.2 Å². The van der Waals surface area contributed by atoms with E-state index in [9.17, 15) is 0 Å². The van der Waals surface area contributed by atoms with E-state index in [-0.39, 0.29) is 0 Å². The van der Waals surface area contributed by atoms with Gasteiger partial charge in [-0.05, 0) is 35.4 Å². The van der Waals surface area contributed by atoms with Crippen molar-refractivity contribution in [2.24, 2.45) is 5.73 Å². The maximum absolute atomic E-state index is 5.85. The standard InChI is InChI=1S/C15H20N2S/c16-8-11-4-3-7-14-15(11)12(10-18-14)9-17-13-5-1-2-6-13/h3-4,7,10,13,17H,1-2,5-6,8-9,16H2. The van der Waals surface area contributed by atoms with Crippen molar-refractivity contribution >= 4 is 21.4 Å². The lowest BCUT2D eigenvalue weighted by Crippen LogP contribution is -2.25. The summed E-state index contributed by atoms with van der Waals surface area (Å²) in [6.07, 6.45) is 5.45. The van der Waals surface area contributed by atoms with Crippen molar-refractivity contribution in [1.29, 1.82) is 0 Å². The molecule has 0 atom stereocenters.